The van der Waals surface area contributed by atoms with Crippen LogP contribution in [0.25, 0.3) is 0 Å². The Labute approximate surface area is 83.9 Å². The number of hydrogen-bond donors (Lipinski definition) is 0. The number of halogens is 2. The molecule has 1 aromatic rings. The zero-order valence-electron chi connectivity index (χ0n) is 7.46. The topological polar surface area (TPSA) is 50.1 Å². The summed E-state index contributed by atoms with van der Waals surface area (Å²) in [4.78, 5) is 11.4. The lowest BCUT2D eigenvalue weighted by atomic mass is 10.0. The normalized spacial score (nSPS) is 19.0. The molecule has 15 heavy (non-hydrogen) atoms. The minimum atomic E-state index is -0.995. The Balaban J connectivity index is 2.56. The highest BCUT2D eigenvalue weighted by Gasteiger charge is 2.29. The lowest BCUT2D eigenvalue weighted by molar-refractivity contribution is 0.0891. The predicted octanol–water partition coefficient (Wildman–Crippen LogP) is 1.82. The SMILES string of the molecule is N#CC1CC(=O)c2cc(F)cc(F)c2O1. The fourth-order valence-corrected chi connectivity index (χ4v) is 1.42. The van der Waals surface area contributed by atoms with Crippen molar-refractivity contribution in [1.82, 2.24) is 0 Å². The highest BCUT2D eigenvalue weighted by molar-refractivity contribution is 6.00. The lowest BCUT2D eigenvalue weighted by Crippen LogP contribution is -2.26. The summed E-state index contributed by atoms with van der Waals surface area (Å²) >= 11 is 0. The van der Waals surface area contributed by atoms with Crippen LogP contribution in [0.1, 0.15) is 16.8 Å². The summed E-state index contributed by atoms with van der Waals surface area (Å²) in [6.45, 7) is 0. The number of fused-ring (bicyclic) bond motifs is 1. The highest BCUT2D eigenvalue weighted by atomic mass is 19.1. The zero-order valence-corrected chi connectivity index (χ0v) is 7.46. The Morgan fingerprint density at radius 3 is 2.87 bits per heavy atom. The van der Waals surface area contributed by atoms with Gasteiger partial charge in [-0.1, -0.05) is 0 Å². The van der Waals surface area contributed by atoms with E-state index in [1.54, 1.807) is 6.07 Å². The molecule has 1 aromatic carbocycles. The summed E-state index contributed by atoms with van der Waals surface area (Å²) in [5, 5.41) is 8.56. The maximum atomic E-state index is 13.2. The molecule has 5 heteroatoms. The third-order valence-electron chi connectivity index (χ3n) is 2.08. The van der Waals surface area contributed by atoms with Crippen molar-refractivity contribution in [3.05, 3.63) is 29.3 Å². The first-order chi connectivity index (χ1) is 7.11. The standard InChI is InChI=1S/C10H5F2NO2/c11-5-1-7-9(14)3-6(4-13)15-10(7)8(12)2-5/h1-2,6H,3H2. The third-order valence-corrected chi connectivity index (χ3v) is 2.08. The second-order valence-corrected chi connectivity index (χ2v) is 3.13. The number of carbonyl (C=O) groups excluding carboxylic acids is 1. The Morgan fingerprint density at radius 1 is 1.47 bits per heavy atom. The second-order valence-electron chi connectivity index (χ2n) is 3.13. The number of nitriles is 1. The molecule has 0 spiro atoms. The van der Waals surface area contributed by atoms with E-state index in [9.17, 15) is 13.6 Å². The predicted molar refractivity (Wildman–Crippen MR) is 45.3 cm³/mol. The molecule has 0 saturated carbocycles. The molecule has 0 fully saturated rings. The third kappa shape index (κ3) is 1.54. The fraction of sp³-hybridized carbons (Fsp3) is 0.200. The Morgan fingerprint density at radius 2 is 2.20 bits per heavy atom. The van der Waals surface area contributed by atoms with Crippen LogP contribution in [0.4, 0.5) is 8.78 Å². The van der Waals surface area contributed by atoms with Crippen LogP contribution in [0.15, 0.2) is 12.1 Å². The minimum absolute atomic E-state index is 0.140. The summed E-state index contributed by atoms with van der Waals surface area (Å²) in [7, 11) is 0. The number of carbonyl (C=O) groups is 1. The van der Waals surface area contributed by atoms with Crippen LogP contribution in [0.2, 0.25) is 0 Å². The van der Waals surface area contributed by atoms with Crippen molar-refractivity contribution in [2.75, 3.05) is 0 Å². The fourth-order valence-electron chi connectivity index (χ4n) is 1.42. The van der Waals surface area contributed by atoms with E-state index in [4.69, 9.17) is 10.00 Å². The molecular weight excluding hydrogens is 204 g/mol. The van der Waals surface area contributed by atoms with Crippen molar-refractivity contribution in [3.63, 3.8) is 0 Å². The number of rotatable bonds is 0. The molecule has 0 saturated heterocycles. The number of nitrogens with zero attached hydrogens (tertiary/aromatic N) is 1. The molecule has 1 aliphatic heterocycles. The van der Waals surface area contributed by atoms with Gasteiger partial charge in [0.2, 0.25) is 0 Å². The van der Waals surface area contributed by atoms with Crippen LogP contribution in [0, 0.1) is 23.0 Å². The summed E-state index contributed by atoms with van der Waals surface area (Å²) in [6, 6.07) is 3.24. The van der Waals surface area contributed by atoms with Crippen molar-refractivity contribution in [2.45, 2.75) is 12.5 Å². The van der Waals surface area contributed by atoms with Crippen LogP contribution >= 0.6 is 0 Å². The Bertz CT molecular complexity index is 479. The molecule has 76 valence electrons. The molecule has 1 heterocycles. The molecule has 0 bridgehead atoms. The first-order valence-electron chi connectivity index (χ1n) is 4.20. The average Bonchev–Trinajstić information content (AvgIpc) is 2.19. The van der Waals surface area contributed by atoms with Gasteiger partial charge >= 0.3 is 0 Å². The smallest absolute Gasteiger partial charge is 0.191 e. The molecule has 0 radical (unpaired) electrons. The first-order valence-corrected chi connectivity index (χ1v) is 4.20. The maximum absolute atomic E-state index is 13.2. The van der Waals surface area contributed by atoms with E-state index in [-0.39, 0.29) is 17.7 Å². The van der Waals surface area contributed by atoms with Crippen LogP contribution in [-0.4, -0.2) is 11.9 Å². The maximum Gasteiger partial charge on any atom is 0.191 e. The first kappa shape index (κ1) is 9.59. The molecule has 0 N–H and O–H groups in total. The Hall–Kier alpha value is -1.96. The van der Waals surface area contributed by atoms with Crippen molar-refractivity contribution in [1.29, 1.82) is 5.26 Å². The van der Waals surface area contributed by atoms with Crippen LogP contribution in [0.3, 0.4) is 0 Å². The van der Waals surface area contributed by atoms with E-state index < -0.39 is 23.5 Å². The molecule has 1 aliphatic rings. The van der Waals surface area contributed by atoms with Crippen LogP contribution in [-0.2, 0) is 0 Å². The van der Waals surface area contributed by atoms with E-state index in [1.807, 2.05) is 0 Å². The van der Waals surface area contributed by atoms with Crippen molar-refractivity contribution in [2.24, 2.45) is 0 Å². The van der Waals surface area contributed by atoms with Gasteiger partial charge in [-0.05, 0) is 6.07 Å². The van der Waals surface area contributed by atoms with Crippen molar-refractivity contribution in [3.8, 4) is 11.8 Å². The van der Waals surface area contributed by atoms with Gasteiger partial charge in [-0.2, -0.15) is 5.26 Å². The molecule has 0 aliphatic carbocycles. The van der Waals surface area contributed by atoms with E-state index >= 15 is 0 Å². The van der Waals surface area contributed by atoms with Gasteiger partial charge in [-0.25, -0.2) is 8.78 Å². The van der Waals surface area contributed by atoms with E-state index in [2.05, 4.69) is 0 Å². The number of ether oxygens (including phenoxy) is 1. The van der Waals surface area contributed by atoms with Crippen LogP contribution in [0.5, 0.6) is 5.75 Å². The largest absolute Gasteiger partial charge is 0.471 e. The second kappa shape index (κ2) is 3.31. The van der Waals surface area contributed by atoms with Crippen LogP contribution < -0.4 is 4.74 Å². The number of benzene rings is 1. The van der Waals surface area contributed by atoms with E-state index in [0.29, 0.717) is 6.07 Å². The number of Topliss-reactive ketones (excluding diaryl/α,β-unsaturated/α-hetero) is 1. The van der Waals surface area contributed by atoms with Gasteiger partial charge < -0.3 is 4.74 Å². The molecule has 1 atom stereocenters. The molecule has 0 amide bonds. The summed E-state index contributed by atoms with van der Waals surface area (Å²) in [5.41, 5.74) is -0.140. The summed E-state index contributed by atoms with van der Waals surface area (Å²) in [6.07, 6.45) is -1.17. The Kier molecular flexibility index (Phi) is 2.12. The monoisotopic (exact) mass is 209 g/mol. The van der Waals surface area contributed by atoms with Crippen molar-refractivity contribution >= 4 is 5.78 Å². The molecule has 3 nitrogen and oxygen atoms in total. The molecule has 2 rings (SSSR count). The summed E-state index contributed by atoms with van der Waals surface area (Å²) < 4.78 is 30.9. The molecule has 1 unspecified atom stereocenters. The zero-order chi connectivity index (χ0) is 11.0. The van der Waals surface area contributed by atoms with Gasteiger partial charge in [0, 0.05) is 6.07 Å². The minimum Gasteiger partial charge on any atom is -0.471 e. The van der Waals surface area contributed by atoms with E-state index in [0.717, 1.165) is 6.07 Å². The van der Waals surface area contributed by atoms with Gasteiger partial charge in [0.25, 0.3) is 0 Å². The van der Waals surface area contributed by atoms with Gasteiger partial charge in [0.15, 0.2) is 23.5 Å². The van der Waals surface area contributed by atoms with Gasteiger partial charge in [0.05, 0.1) is 12.0 Å². The van der Waals surface area contributed by atoms with Gasteiger partial charge in [0.1, 0.15) is 11.9 Å². The highest BCUT2D eigenvalue weighted by Crippen LogP contribution is 2.31. The summed E-state index contributed by atoms with van der Waals surface area (Å²) in [5.74, 6) is -2.61. The number of ketones is 1. The molecule has 0 aromatic heterocycles. The van der Waals surface area contributed by atoms with Gasteiger partial charge in [-0.3, -0.25) is 4.79 Å². The average molecular weight is 209 g/mol. The quantitative estimate of drug-likeness (QED) is 0.654. The van der Waals surface area contributed by atoms with E-state index in [1.165, 1.54) is 0 Å². The van der Waals surface area contributed by atoms with Crippen molar-refractivity contribution < 1.29 is 18.3 Å². The molecular formula is C10H5F2NO2. The number of hydrogen-bond acceptors (Lipinski definition) is 3. The van der Waals surface area contributed by atoms with Gasteiger partial charge in [-0.15, -0.1) is 0 Å². The lowest BCUT2D eigenvalue weighted by Gasteiger charge is -2.20.